The van der Waals surface area contributed by atoms with Crippen LogP contribution in [0.25, 0.3) is 0 Å². The van der Waals surface area contributed by atoms with Crippen LogP contribution in [0.15, 0.2) is 0 Å². The van der Waals surface area contributed by atoms with Crippen molar-refractivity contribution in [1.29, 1.82) is 0 Å². The van der Waals surface area contributed by atoms with Crippen LogP contribution in [0.2, 0.25) is 0 Å². The zero-order valence-corrected chi connectivity index (χ0v) is 12.3. The Balaban J connectivity index is 0.00000256. The number of piperidine rings is 1. The van der Waals surface area contributed by atoms with Crippen LogP contribution in [-0.4, -0.2) is 29.9 Å². The lowest BCUT2D eigenvalue weighted by Crippen LogP contribution is -2.49. The minimum Gasteiger partial charge on any atom is -0.341 e. The van der Waals surface area contributed by atoms with Crippen molar-refractivity contribution >= 4 is 18.3 Å². The third-order valence-corrected chi connectivity index (χ3v) is 3.22. The van der Waals surface area contributed by atoms with Crippen molar-refractivity contribution in [3.8, 4) is 0 Å². The van der Waals surface area contributed by atoms with Gasteiger partial charge in [-0.2, -0.15) is 0 Å². The lowest BCUT2D eigenvalue weighted by molar-refractivity contribution is -0.135. The van der Waals surface area contributed by atoms with Gasteiger partial charge < -0.3 is 10.6 Å². The van der Waals surface area contributed by atoms with E-state index in [1.165, 1.54) is 6.42 Å². The molecule has 1 amide bonds. The van der Waals surface area contributed by atoms with E-state index in [1.54, 1.807) is 0 Å². The summed E-state index contributed by atoms with van der Waals surface area (Å²) in [5.41, 5.74) is 5.95. The molecule has 3 nitrogen and oxygen atoms in total. The van der Waals surface area contributed by atoms with Gasteiger partial charge in [0.1, 0.15) is 0 Å². The second-order valence-electron chi connectivity index (χ2n) is 5.93. The first kappa shape index (κ1) is 16.7. The van der Waals surface area contributed by atoms with Crippen LogP contribution in [0.1, 0.15) is 40.5 Å². The highest BCUT2D eigenvalue weighted by molar-refractivity contribution is 5.85. The van der Waals surface area contributed by atoms with Crippen molar-refractivity contribution in [3.05, 3.63) is 0 Å². The SMILES string of the molecule is CC(C)C[C@H](N)C(=O)N1CC(C)CC(C)C1.Cl. The summed E-state index contributed by atoms with van der Waals surface area (Å²) in [6.07, 6.45) is 2.02. The van der Waals surface area contributed by atoms with Crippen molar-refractivity contribution in [1.82, 2.24) is 4.90 Å². The average Bonchev–Trinajstić information content (AvgIpc) is 2.13. The highest BCUT2D eigenvalue weighted by Crippen LogP contribution is 2.21. The number of amides is 1. The molecule has 1 heterocycles. The first-order valence-electron chi connectivity index (χ1n) is 6.44. The van der Waals surface area contributed by atoms with E-state index < -0.39 is 0 Å². The van der Waals surface area contributed by atoms with Crippen molar-refractivity contribution < 1.29 is 4.79 Å². The molecule has 1 fully saturated rings. The van der Waals surface area contributed by atoms with Gasteiger partial charge in [-0.3, -0.25) is 4.79 Å². The summed E-state index contributed by atoms with van der Waals surface area (Å²) in [6, 6.07) is -0.308. The van der Waals surface area contributed by atoms with E-state index in [2.05, 4.69) is 27.7 Å². The van der Waals surface area contributed by atoms with Gasteiger partial charge in [0.15, 0.2) is 0 Å². The highest BCUT2D eigenvalue weighted by Gasteiger charge is 2.28. The van der Waals surface area contributed by atoms with Crippen LogP contribution in [0.4, 0.5) is 0 Å². The number of carbonyl (C=O) groups is 1. The fourth-order valence-corrected chi connectivity index (χ4v) is 2.69. The van der Waals surface area contributed by atoms with E-state index in [9.17, 15) is 4.79 Å². The van der Waals surface area contributed by atoms with Crippen molar-refractivity contribution in [2.75, 3.05) is 13.1 Å². The fraction of sp³-hybridized carbons (Fsp3) is 0.923. The molecular weight excluding hydrogens is 236 g/mol. The lowest BCUT2D eigenvalue weighted by atomic mass is 9.91. The fourth-order valence-electron chi connectivity index (χ4n) is 2.69. The molecule has 1 saturated heterocycles. The average molecular weight is 263 g/mol. The molecule has 0 spiro atoms. The number of halogens is 1. The Hall–Kier alpha value is -0.280. The molecule has 17 heavy (non-hydrogen) atoms. The van der Waals surface area contributed by atoms with Gasteiger partial charge >= 0.3 is 0 Å². The van der Waals surface area contributed by atoms with E-state index in [0.717, 1.165) is 19.5 Å². The van der Waals surface area contributed by atoms with E-state index in [-0.39, 0.29) is 24.4 Å². The summed E-state index contributed by atoms with van der Waals surface area (Å²) in [6.45, 7) is 10.4. The molecule has 2 unspecified atom stereocenters. The van der Waals surface area contributed by atoms with Gasteiger partial charge in [0.05, 0.1) is 6.04 Å². The van der Waals surface area contributed by atoms with Gasteiger partial charge in [-0.15, -0.1) is 12.4 Å². The van der Waals surface area contributed by atoms with Gasteiger partial charge in [0, 0.05) is 13.1 Å². The van der Waals surface area contributed by atoms with Crippen molar-refractivity contribution in [3.63, 3.8) is 0 Å². The Labute approximate surface area is 112 Å². The molecule has 0 saturated carbocycles. The molecule has 0 bridgehead atoms. The number of likely N-dealkylation sites (tertiary alicyclic amines) is 1. The molecule has 4 heteroatoms. The summed E-state index contributed by atoms with van der Waals surface area (Å²) < 4.78 is 0. The lowest BCUT2D eigenvalue weighted by Gasteiger charge is -2.36. The minimum atomic E-state index is -0.308. The van der Waals surface area contributed by atoms with Crippen LogP contribution in [0.3, 0.4) is 0 Å². The molecule has 0 aromatic heterocycles. The summed E-state index contributed by atoms with van der Waals surface area (Å²) in [5.74, 6) is 1.85. The maximum atomic E-state index is 12.1. The maximum Gasteiger partial charge on any atom is 0.239 e. The molecule has 1 aliphatic rings. The molecular formula is C13H27ClN2O. The highest BCUT2D eigenvalue weighted by atomic mass is 35.5. The van der Waals surface area contributed by atoms with Crippen molar-refractivity contribution in [2.24, 2.45) is 23.5 Å². The maximum absolute atomic E-state index is 12.1. The third kappa shape index (κ3) is 5.26. The zero-order chi connectivity index (χ0) is 12.3. The third-order valence-electron chi connectivity index (χ3n) is 3.22. The Bertz CT molecular complexity index is 236. The zero-order valence-electron chi connectivity index (χ0n) is 11.5. The van der Waals surface area contributed by atoms with Gasteiger partial charge in [-0.25, -0.2) is 0 Å². The Morgan fingerprint density at radius 2 is 1.76 bits per heavy atom. The summed E-state index contributed by atoms with van der Waals surface area (Å²) in [7, 11) is 0. The smallest absolute Gasteiger partial charge is 0.239 e. The van der Waals surface area contributed by atoms with Crippen LogP contribution in [0.5, 0.6) is 0 Å². The van der Waals surface area contributed by atoms with Gasteiger partial charge in [0.2, 0.25) is 5.91 Å². The topological polar surface area (TPSA) is 46.3 Å². The van der Waals surface area contributed by atoms with Crippen LogP contribution in [-0.2, 0) is 4.79 Å². The number of rotatable bonds is 3. The van der Waals surface area contributed by atoms with Crippen LogP contribution >= 0.6 is 12.4 Å². The summed E-state index contributed by atoms with van der Waals surface area (Å²) in [5, 5.41) is 0. The van der Waals surface area contributed by atoms with Crippen LogP contribution in [0, 0.1) is 17.8 Å². The number of hydrogen-bond donors (Lipinski definition) is 1. The molecule has 0 aliphatic carbocycles. The Morgan fingerprint density at radius 3 is 2.18 bits per heavy atom. The van der Waals surface area contributed by atoms with Gasteiger partial charge in [-0.05, 0) is 30.6 Å². The largest absolute Gasteiger partial charge is 0.341 e. The molecule has 3 atom stereocenters. The quantitative estimate of drug-likeness (QED) is 0.848. The number of nitrogens with two attached hydrogens (primary N) is 1. The standard InChI is InChI=1S/C13H26N2O.ClH/c1-9(2)5-12(14)13(16)15-7-10(3)6-11(4)8-15;/h9-12H,5-8,14H2,1-4H3;1H/t10?,11?,12-;/m0./s1. The molecule has 0 aromatic carbocycles. The predicted molar refractivity (Wildman–Crippen MR) is 74.2 cm³/mol. The summed E-state index contributed by atoms with van der Waals surface area (Å²) in [4.78, 5) is 14.1. The van der Waals surface area contributed by atoms with E-state index >= 15 is 0 Å². The molecule has 2 N–H and O–H groups in total. The first-order valence-corrected chi connectivity index (χ1v) is 6.44. The van der Waals surface area contributed by atoms with E-state index in [4.69, 9.17) is 5.73 Å². The second-order valence-corrected chi connectivity index (χ2v) is 5.93. The number of carbonyl (C=O) groups excluding carboxylic acids is 1. The number of nitrogens with zero attached hydrogens (tertiary/aromatic N) is 1. The first-order chi connectivity index (χ1) is 7.40. The van der Waals surface area contributed by atoms with Crippen molar-refractivity contribution in [2.45, 2.75) is 46.6 Å². The Morgan fingerprint density at radius 1 is 1.29 bits per heavy atom. The molecule has 1 rings (SSSR count). The monoisotopic (exact) mass is 262 g/mol. The van der Waals surface area contributed by atoms with Gasteiger partial charge in [-0.1, -0.05) is 27.7 Å². The molecule has 102 valence electrons. The molecule has 1 aliphatic heterocycles. The van der Waals surface area contributed by atoms with Gasteiger partial charge in [0.25, 0.3) is 0 Å². The predicted octanol–water partition coefficient (Wildman–Crippen LogP) is 2.29. The summed E-state index contributed by atoms with van der Waals surface area (Å²) >= 11 is 0. The minimum absolute atomic E-state index is 0. The second kappa shape index (κ2) is 7.22. The Kier molecular flexibility index (Phi) is 7.10. The number of hydrogen-bond acceptors (Lipinski definition) is 2. The molecule has 0 aromatic rings. The van der Waals surface area contributed by atoms with E-state index in [0.29, 0.717) is 17.8 Å². The normalized spacial score (nSPS) is 26.6. The molecule has 0 radical (unpaired) electrons. The van der Waals surface area contributed by atoms with E-state index in [1.807, 2.05) is 4.90 Å². The van der Waals surface area contributed by atoms with Crippen LogP contribution < -0.4 is 5.73 Å².